The Bertz CT molecular complexity index is 640. The minimum atomic E-state index is 0. The molecule has 2 aromatic heterocycles. The summed E-state index contributed by atoms with van der Waals surface area (Å²) in [5.41, 5.74) is 2.38. The van der Waals surface area contributed by atoms with Gasteiger partial charge in [0, 0.05) is 37.1 Å². The molecule has 0 saturated carbocycles. The monoisotopic (exact) mass is 520 g/mol. The Morgan fingerprint density at radius 2 is 0.811 bits per heavy atom. The van der Waals surface area contributed by atoms with Crippen LogP contribution in [0.1, 0.15) is 132 Å². The summed E-state index contributed by atoms with van der Waals surface area (Å²) in [5, 5.41) is 0. The van der Waals surface area contributed by atoms with E-state index in [0.717, 1.165) is 13.1 Å². The first-order valence-electron chi connectivity index (χ1n) is 13.4. The number of hydrogen-bond donors (Lipinski definition) is 0. The number of hydrogen-bond acceptors (Lipinski definition) is 2. The first kappa shape index (κ1) is 39.7. The van der Waals surface area contributed by atoms with E-state index in [4.69, 9.17) is 9.47 Å². The van der Waals surface area contributed by atoms with Crippen molar-refractivity contribution in [1.82, 2.24) is 0 Å². The van der Waals surface area contributed by atoms with Crippen LogP contribution in [0.5, 0.6) is 0 Å². The number of ether oxygens (including phenoxy) is 2. The molecule has 0 bridgehead atoms. The van der Waals surface area contributed by atoms with Gasteiger partial charge in [-0.05, 0) is 24.0 Å². The first-order chi connectivity index (χ1) is 16.3. The molecule has 0 unspecified atom stereocenters. The zero-order valence-corrected chi connectivity index (χ0v) is 21.4. The van der Waals surface area contributed by atoms with E-state index in [-0.39, 0.29) is 29.7 Å². The third-order valence-electron chi connectivity index (χ3n) is 6.16. The Morgan fingerprint density at radius 1 is 0.486 bits per heavy atom. The quantitative estimate of drug-likeness (QED) is 0.0988. The Balaban J connectivity index is -0.00000289. The van der Waals surface area contributed by atoms with Crippen molar-refractivity contribution in [1.29, 1.82) is 0 Å². The van der Waals surface area contributed by atoms with E-state index in [2.05, 4.69) is 72.0 Å². The van der Waals surface area contributed by atoms with Gasteiger partial charge in [0.2, 0.25) is 0 Å². The fraction of sp³-hybridized carbons (Fsp3) is 0.697. The van der Waals surface area contributed by atoms with Crippen molar-refractivity contribution in [2.24, 2.45) is 0 Å². The third kappa shape index (κ3) is 19.9. The Kier molecular flexibility index (Phi) is 29.3. The Labute approximate surface area is 232 Å². The van der Waals surface area contributed by atoms with E-state index in [1.54, 1.807) is 0 Å². The van der Waals surface area contributed by atoms with E-state index < -0.39 is 0 Å². The third-order valence-corrected chi connectivity index (χ3v) is 6.16. The number of pyridine rings is 2. The number of nitrogens with zero attached hydrogens (tertiary/aromatic N) is 2. The summed E-state index contributed by atoms with van der Waals surface area (Å²) in [6.45, 7) is 8.23. The van der Waals surface area contributed by atoms with Gasteiger partial charge in [-0.1, -0.05) is 94.9 Å². The summed E-state index contributed by atoms with van der Waals surface area (Å²) in [4.78, 5) is 0. The predicted molar refractivity (Wildman–Crippen MR) is 161 cm³/mol. The second-order valence-electron chi connectivity index (χ2n) is 9.24. The summed E-state index contributed by atoms with van der Waals surface area (Å²) in [5.74, 6) is 0. The van der Waals surface area contributed by atoms with Crippen LogP contribution in [0.3, 0.4) is 0 Å². The van der Waals surface area contributed by atoms with E-state index in [1.807, 2.05) is 0 Å². The van der Waals surface area contributed by atoms with Crippen molar-refractivity contribution < 1.29 is 18.6 Å². The van der Waals surface area contributed by atoms with Gasteiger partial charge in [0.15, 0.2) is 24.8 Å². The molecule has 0 amide bonds. The van der Waals surface area contributed by atoms with Gasteiger partial charge in [-0.3, -0.25) is 0 Å². The molecule has 0 atom stereocenters. The molecule has 2 aromatic rings. The minimum Gasteiger partial charge on any atom is -0.351 e. The lowest BCUT2D eigenvalue weighted by Crippen LogP contribution is -2.32. The van der Waals surface area contributed by atoms with Crippen molar-refractivity contribution in [2.75, 3.05) is 6.79 Å². The van der Waals surface area contributed by atoms with Crippen molar-refractivity contribution in [3.63, 3.8) is 0 Å². The van der Waals surface area contributed by atoms with Crippen molar-refractivity contribution in [3.05, 3.63) is 60.2 Å². The molecule has 216 valence electrons. The van der Waals surface area contributed by atoms with Crippen LogP contribution in [0, 0.1) is 0 Å². The van der Waals surface area contributed by atoms with Crippen molar-refractivity contribution in [3.8, 4) is 0 Å². The summed E-state index contributed by atoms with van der Waals surface area (Å²) in [6, 6.07) is 8.60. The zero-order chi connectivity index (χ0) is 23.4. The largest absolute Gasteiger partial charge is 0.351 e. The van der Waals surface area contributed by atoms with Crippen LogP contribution < -0.4 is 9.13 Å². The van der Waals surface area contributed by atoms with Gasteiger partial charge in [-0.2, -0.15) is 0 Å². The van der Waals surface area contributed by atoms with E-state index >= 15 is 0 Å². The second kappa shape index (κ2) is 27.3. The average molecular weight is 521 g/mol. The SMILES string of the molecule is C.C.C.C.CCCCCCCC[n+]1ccc(COCOCc2cc[n+](CCCCCCCC)cc2)cc1. The highest BCUT2D eigenvalue weighted by molar-refractivity contribution is 5.06. The molecule has 0 aliphatic carbocycles. The first-order valence-corrected chi connectivity index (χ1v) is 13.4. The molecule has 0 aliphatic rings. The van der Waals surface area contributed by atoms with Gasteiger partial charge in [-0.25, -0.2) is 9.13 Å². The molecular weight excluding hydrogens is 456 g/mol. The highest BCUT2D eigenvalue weighted by Gasteiger charge is 2.03. The van der Waals surface area contributed by atoms with E-state index in [9.17, 15) is 0 Å². The summed E-state index contributed by atoms with van der Waals surface area (Å²) < 4.78 is 15.9. The van der Waals surface area contributed by atoms with Crippen molar-refractivity contribution >= 4 is 0 Å². The second-order valence-corrected chi connectivity index (χ2v) is 9.24. The summed E-state index contributed by atoms with van der Waals surface area (Å²) in [6.07, 6.45) is 24.7. The summed E-state index contributed by atoms with van der Waals surface area (Å²) in [7, 11) is 0. The fourth-order valence-electron chi connectivity index (χ4n) is 3.99. The average Bonchev–Trinajstić information content (AvgIpc) is 2.85. The maximum atomic E-state index is 5.70. The molecule has 0 saturated heterocycles. The normalized spacial score (nSPS) is 10.0. The number of aromatic nitrogens is 2. The molecule has 37 heavy (non-hydrogen) atoms. The molecule has 4 heteroatoms. The van der Waals surface area contributed by atoms with Gasteiger partial charge in [0.25, 0.3) is 0 Å². The van der Waals surface area contributed by atoms with E-state index in [1.165, 1.54) is 88.2 Å². The molecule has 2 rings (SSSR count). The molecule has 0 aromatic carbocycles. The molecule has 0 radical (unpaired) electrons. The van der Waals surface area contributed by atoms with Crippen LogP contribution in [0.25, 0.3) is 0 Å². The molecule has 0 N–H and O–H groups in total. The zero-order valence-electron chi connectivity index (χ0n) is 21.4. The van der Waals surface area contributed by atoms with Crippen LogP contribution in [0.15, 0.2) is 49.1 Å². The van der Waals surface area contributed by atoms with Crippen LogP contribution >= 0.6 is 0 Å². The summed E-state index contributed by atoms with van der Waals surface area (Å²) >= 11 is 0. The lowest BCUT2D eigenvalue weighted by atomic mass is 10.1. The highest BCUT2D eigenvalue weighted by Crippen LogP contribution is 2.06. The highest BCUT2D eigenvalue weighted by atomic mass is 16.7. The van der Waals surface area contributed by atoms with Gasteiger partial charge in [0.1, 0.15) is 19.9 Å². The van der Waals surface area contributed by atoms with Gasteiger partial charge < -0.3 is 9.47 Å². The van der Waals surface area contributed by atoms with Crippen LogP contribution in [-0.4, -0.2) is 6.79 Å². The molecular formula is C33H64N2O2+2. The van der Waals surface area contributed by atoms with Crippen molar-refractivity contribution in [2.45, 2.75) is 147 Å². The molecule has 0 fully saturated rings. The molecule has 0 aliphatic heterocycles. The van der Waals surface area contributed by atoms with E-state index in [0.29, 0.717) is 20.0 Å². The van der Waals surface area contributed by atoms with Crippen LogP contribution in [0.4, 0.5) is 0 Å². The van der Waals surface area contributed by atoms with Gasteiger partial charge in [0.05, 0.1) is 13.2 Å². The Morgan fingerprint density at radius 3 is 1.16 bits per heavy atom. The van der Waals surface area contributed by atoms with Crippen LogP contribution in [0.2, 0.25) is 0 Å². The number of rotatable bonds is 20. The predicted octanol–water partition coefficient (Wildman–Crippen LogP) is 9.22. The number of unbranched alkanes of at least 4 members (excludes halogenated alkanes) is 10. The lowest BCUT2D eigenvalue weighted by Gasteiger charge is -2.06. The van der Waals surface area contributed by atoms with Gasteiger partial charge in [-0.15, -0.1) is 0 Å². The smallest absolute Gasteiger partial charge is 0.169 e. The fourth-order valence-corrected chi connectivity index (χ4v) is 3.99. The maximum absolute atomic E-state index is 5.70. The molecule has 2 heterocycles. The minimum absolute atomic E-state index is 0. The van der Waals surface area contributed by atoms with Crippen LogP contribution in [-0.2, 0) is 35.8 Å². The van der Waals surface area contributed by atoms with Gasteiger partial charge >= 0.3 is 0 Å². The number of aryl methyl sites for hydroxylation is 2. The lowest BCUT2D eigenvalue weighted by molar-refractivity contribution is -0.697. The Hall–Kier alpha value is -1.78. The topological polar surface area (TPSA) is 26.2 Å². The standard InChI is InChI=1S/C29H48N2O2.4CH4/c1-3-5-7-9-11-13-19-30-21-15-28(16-22-30)25-32-27-33-26-29-17-23-31(24-18-29)20-14-12-10-8-6-4-2;;;;/h15-18,21-24H,3-14,19-20,25-27H2,1-2H3;4*1H4/q+2;;;;. The maximum Gasteiger partial charge on any atom is 0.169 e. The molecule has 4 nitrogen and oxygen atoms in total. The molecule has 0 spiro atoms.